The van der Waals surface area contributed by atoms with Crippen LogP contribution in [0.2, 0.25) is 10.0 Å². The molecule has 8 heteroatoms. The molecule has 1 heterocycles. The number of rotatable bonds is 4. The Balaban J connectivity index is 1.80. The van der Waals surface area contributed by atoms with Crippen LogP contribution in [0.25, 0.3) is 0 Å². The van der Waals surface area contributed by atoms with Crippen LogP contribution in [0.1, 0.15) is 22.6 Å². The Morgan fingerprint density at radius 2 is 1.93 bits per heavy atom. The summed E-state index contributed by atoms with van der Waals surface area (Å²) in [5, 5.41) is 14.7. The number of nitrogens with one attached hydrogen (secondary N) is 2. The normalized spacial score (nSPS) is 16.5. The third-order valence-corrected chi connectivity index (χ3v) is 5.02. The fourth-order valence-corrected chi connectivity index (χ4v) is 3.83. The minimum absolute atomic E-state index is 0.116. The molecule has 0 spiro atoms. The van der Waals surface area contributed by atoms with E-state index in [1.54, 1.807) is 18.2 Å². The average Bonchev–Trinajstić information content (AvgIpc) is 2.61. The van der Waals surface area contributed by atoms with Crippen molar-refractivity contribution in [2.24, 2.45) is 0 Å². The summed E-state index contributed by atoms with van der Waals surface area (Å²) in [6, 6.07) is 10.6. The highest BCUT2D eigenvalue weighted by Crippen LogP contribution is 2.38. The first-order valence-electron chi connectivity index (χ1n) is 8.36. The number of hydrogen-bond acceptors (Lipinski definition) is 3. The Bertz CT molecular complexity index is 871. The summed E-state index contributed by atoms with van der Waals surface area (Å²) in [5.41, 5.74) is 3.85. The van der Waals surface area contributed by atoms with Gasteiger partial charge in [-0.15, -0.1) is 0 Å². The Labute approximate surface area is 167 Å². The van der Waals surface area contributed by atoms with Gasteiger partial charge in [-0.05, 0) is 48.0 Å². The third-order valence-electron chi connectivity index (χ3n) is 4.46. The largest absolute Gasteiger partial charge is 0.480 e. The van der Waals surface area contributed by atoms with Gasteiger partial charge in [-0.1, -0.05) is 35.3 Å². The third kappa shape index (κ3) is 4.71. The molecule has 3 rings (SSSR count). The van der Waals surface area contributed by atoms with E-state index in [-0.39, 0.29) is 5.92 Å². The van der Waals surface area contributed by atoms with Crippen LogP contribution in [0.3, 0.4) is 0 Å². The van der Waals surface area contributed by atoms with Crippen LogP contribution in [0, 0.1) is 0 Å². The second-order valence-corrected chi connectivity index (χ2v) is 7.37. The quantitative estimate of drug-likeness (QED) is 0.720. The van der Waals surface area contributed by atoms with Gasteiger partial charge in [-0.25, -0.2) is 4.79 Å². The number of urea groups is 1. The summed E-state index contributed by atoms with van der Waals surface area (Å²) in [4.78, 5) is 24.4. The Morgan fingerprint density at radius 1 is 1.22 bits per heavy atom. The van der Waals surface area contributed by atoms with Crippen LogP contribution < -0.4 is 10.6 Å². The maximum Gasteiger partial charge on any atom is 0.323 e. The molecule has 0 unspecified atom stereocenters. The van der Waals surface area contributed by atoms with Gasteiger partial charge in [0.05, 0.1) is 0 Å². The monoisotopic (exact) mass is 407 g/mol. The van der Waals surface area contributed by atoms with Crippen LogP contribution in [0.5, 0.6) is 0 Å². The van der Waals surface area contributed by atoms with Crippen molar-refractivity contribution in [3.63, 3.8) is 0 Å². The molecule has 1 atom stereocenters. The summed E-state index contributed by atoms with van der Waals surface area (Å²) in [7, 11) is 2.05. The first-order chi connectivity index (χ1) is 12.8. The van der Waals surface area contributed by atoms with Gasteiger partial charge in [0.25, 0.3) is 0 Å². The van der Waals surface area contributed by atoms with Gasteiger partial charge < -0.3 is 20.6 Å². The van der Waals surface area contributed by atoms with Gasteiger partial charge in [-0.2, -0.15) is 0 Å². The highest BCUT2D eigenvalue weighted by atomic mass is 35.5. The number of amides is 2. The number of likely N-dealkylation sites (N-methyl/N-ethyl adjacent to an activating group) is 1. The number of carboxylic acid groups (broad SMARTS) is 1. The van der Waals surface area contributed by atoms with Crippen molar-refractivity contribution in [1.82, 2.24) is 10.2 Å². The average molecular weight is 408 g/mol. The second kappa shape index (κ2) is 8.17. The minimum atomic E-state index is -1.10. The van der Waals surface area contributed by atoms with Gasteiger partial charge in [-0.3, -0.25) is 4.79 Å². The lowest BCUT2D eigenvalue weighted by Gasteiger charge is -2.33. The number of carbonyl (C=O) groups excluding carboxylic acids is 1. The van der Waals surface area contributed by atoms with Crippen molar-refractivity contribution in [1.29, 1.82) is 0 Å². The highest BCUT2D eigenvalue weighted by molar-refractivity contribution is 6.35. The van der Waals surface area contributed by atoms with E-state index in [4.69, 9.17) is 28.3 Å². The maximum absolute atomic E-state index is 11.7. The van der Waals surface area contributed by atoms with Gasteiger partial charge in [0, 0.05) is 34.7 Å². The van der Waals surface area contributed by atoms with Crippen molar-refractivity contribution < 1.29 is 14.7 Å². The lowest BCUT2D eigenvalue weighted by atomic mass is 9.85. The summed E-state index contributed by atoms with van der Waals surface area (Å²) in [5.74, 6) is -0.984. The van der Waals surface area contributed by atoms with Gasteiger partial charge >= 0.3 is 12.0 Å². The number of anilines is 1. The molecule has 6 nitrogen and oxygen atoms in total. The molecule has 1 aliphatic heterocycles. The van der Waals surface area contributed by atoms with E-state index in [1.165, 1.54) is 0 Å². The van der Waals surface area contributed by atoms with Crippen molar-refractivity contribution in [3.05, 3.63) is 63.1 Å². The molecular formula is C19H19Cl2N3O3. The molecule has 2 amide bonds. The molecule has 2 aromatic rings. The number of benzene rings is 2. The molecule has 1 aliphatic rings. The van der Waals surface area contributed by atoms with E-state index in [1.807, 2.05) is 25.2 Å². The molecule has 0 saturated carbocycles. The van der Waals surface area contributed by atoms with E-state index in [9.17, 15) is 9.59 Å². The molecule has 3 N–H and O–H groups in total. The summed E-state index contributed by atoms with van der Waals surface area (Å²) < 4.78 is 0. The van der Waals surface area contributed by atoms with E-state index < -0.39 is 18.5 Å². The van der Waals surface area contributed by atoms with Crippen molar-refractivity contribution >= 4 is 40.9 Å². The van der Waals surface area contributed by atoms with Crippen LogP contribution >= 0.6 is 23.2 Å². The topological polar surface area (TPSA) is 81.7 Å². The molecule has 0 saturated heterocycles. The van der Waals surface area contributed by atoms with Gasteiger partial charge in [0.1, 0.15) is 6.54 Å². The Morgan fingerprint density at radius 3 is 2.59 bits per heavy atom. The fourth-order valence-electron chi connectivity index (χ4n) is 3.26. The molecule has 2 aromatic carbocycles. The predicted molar refractivity (Wildman–Crippen MR) is 106 cm³/mol. The van der Waals surface area contributed by atoms with Gasteiger partial charge in [0.15, 0.2) is 0 Å². The van der Waals surface area contributed by atoms with Crippen LogP contribution in [0.4, 0.5) is 10.5 Å². The Kier molecular flexibility index (Phi) is 5.89. The van der Waals surface area contributed by atoms with Crippen molar-refractivity contribution in [2.45, 2.75) is 12.5 Å². The van der Waals surface area contributed by atoms with Gasteiger partial charge in [0.2, 0.25) is 0 Å². The van der Waals surface area contributed by atoms with Crippen LogP contribution in [0.15, 0.2) is 36.4 Å². The maximum atomic E-state index is 11.7. The lowest BCUT2D eigenvalue weighted by Crippen LogP contribution is -2.33. The van der Waals surface area contributed by atoms with Crippen LogP contribution in [-0.2, 0) is 11.3 Å². The molecule has 0 fully saturated rings. The summed E-state index contributed by atoms with van der Waals surface area (Å²) in [6.07, 6.45) is 0. The molecular weight excluding hydrogens is 389 g/mol. The molecule has 0 radical (unpaired) electrons. The number of nitrogens with zero attached hydrogens (tertiary/aromatic N) is 1. The zero-order valence-corrected chi connectivity index (χ0v) is 16.1. The standard InChI is InChI=1S/C19H19Cl2N3O3/c1-24-9-15(14-6-12(20)7-17(21)16(14)10-24)11-2-4-13(5-3-11)23-19(27)22-8-18(25)26/h2-7,15H,8-10H2,1H3,(H,25,26)(H2,22,23,27)/t15-/m0/s1. The molecule has 0 aliphatic carbocycles. The SMILES string of the molecule is CN1Cc2c(Cl)cc(Cl)cc2[C@H](c2ccc(NC(=O)NCC(=O)O)cc2)C1. The summed E-state index contributed by atoms with van der Waals surface area (Å²) >= 11 is 12.6. The number of carbonyl (C=O) groups is 2. The van der Waals surface area contributed by atoms with Crippen molar-refractivity contribution in [2.75, 3.05) is 25.5 Å². The first kappa shape index (κ1) is 19.5. The number of halogens is 2. The molecule has 0 bridgehead atoms. The molecule has 0 aromatic heterocycles. The zero-order valence-electron chi connectivity index (χ0n) is 14.6. The number of aliphatic carboxylic acids is 1. The zero-order chi connectivity index (χ0) is 19.6. The Hall–Kier alpha value is -2.28. The fraction of sp³-hybridized carbons (Fsp3) is 0.263. The van der Waals surface area contributed by atoms with Crippen LogP contribution in [-0.4, -0.2) is 42.1 Å². The minimum Gasteiger partial charge on any atom is -0.480 e. The van der Waals surface area contributed by atoms with E-state index in [2.05, 4.69) is 15.5 Å². The molecule has 142 valence electrons. The van der Waals surface area contributed by atoms with E-state index in [0.29, 0.717) is 15.7 Å². The first-order valence-corrected chi connectivity index (χ1v) is 9.12. The smallest absolute Gasteiger partial charge is 0.323 e. The highest BCUT2D eigenvalue weighted by Gasteiger charge is 2.27. The molecule has 27 heavy (non-hydrogen) atoms. The van der Waals surface area contributed by atoms with Crippen molar-refractivity contribution in [3.8, 4) is 0 Å². The second-order valence-electron chi connectivity index (χ2n) is 6.53. The predicted octanol–water partition coefficient (Wildman–Crippen LogP) is 3.78. The van der Waals surface area contributed by atoms with E-state index in [0.717, 1.165) is 29.8 Å². The summed E-state index contributed by atoms with van der Waals surface area (Å²) in [6.45, 7) is 1.16. The number of carboxylic acids is 1. The number of hydrogen-bond donors (Lipinski definition) is 3. The van der Waals surface area contributed by atoms with E-state index >= 15 is 0 Å². The lowest BCUT2D eigenvalue weighted by molar-refractivity contribution is -0.135. The number of fused-ring (bicyclic) bond motifs is 1.